The van der Waals surface area contributed by atoms with Gasteiger partial charge in [-0.15, -0.1) is 0 Å². The van der Waals surface area contributed by atoms with Gasteiger partial charge in [0.2, 0.25) is 11.8 Å². The summed E-state index contributed by atoms with van der Waals surface area (Å²) in [5.74, 6) is 0.845. The number of methoxy groups -OCH3 is 1. The molecule has 31 heavy (non-hydrogen) atoms. The maximum Gasteiger partial charge on any atom is 0.223 e. The first kappa shape index (κ1) is 22.4. The van der Waals surface area contributed by atoms with Crippen LogP contribution in [-0.2, 0) is 16.6 Å². The molecule has 3 aromatic rings. The van der Waals surface area contributed by atoms with Crippen LogP contribution in [0.4, 0.5) is 0 Å². The Bertz CT molecular complexity index is 1050. The Kier molecular flexibility index (Phi) is 7.31. The Morgan fingerprint density at radius 3 is 2.45 bits per heavy atom. The van der Waals surface area contributed by atoms with E-state index in [1.807, 2.05) is 42.1 Å². The fourth-order valence-corrected chi connectivity index (χ4v) is 3.57. The van der Waals surface area contributed by atoms with Gasteiger partial charge in [0.05, 0.1) is 19.6 Å². The standard InChI is InChI=1S/C23H25ClN4O3/c1-15(29)26-19(16-8-10-17(24)11-9-16)14-21(30)27-22(23-25-12-13-28(23)2)18-6-4-5-7-20(18)31-3/h4-13,19,22H,14H2,1-3H3,(H,26,29)(H,27,30). The third kappa shape index (κ3) is 5.64. The number of hydrogen-bond acceptors (Lipinski definition) is 4. The van der Waals surface area contributed by atoms with Crippen molar-refractivity contribution in [1.82, 2.24) is 20.2 Å². The van der Waals surface area contributed by atoms with Gasteiger partial charge < -0.3 is 19.9 Å². The van der Waals surface area contributed by atoms with E-state index in [1.54, 1.807) is 37.6 Å². The molecule has 0 bridgehead atoms. The maximum atomic E-state index is 13.1. The first-order valence-corrected chi connectivity index (χ1v) is 10.2. The van der Waals surface area contributed by atoms with E-state index in [1.165, 1.54) is 6.92 Å². The predicted molar refractivity (Wildman–Crippen MR) is 119 cm³/mol. The number of amides is 2. The monoisotopic (exact) mass is 440 g/mol. The molecule has 0 radical (unpaired) electrons. The second kappa shape index (κ2) is 10.1. The lowest BCUT2D eigenvalue weighted by Gasteiger charge is -2.23. The number of para-hydroxylation sites is 1. The van der Waals surface area contributed by atoms with E-state index in [-0.39, 0.29) is 18.2 Å². The summed E-state index contributed by atoms with van der Waals surface area (Å²) in [5, 5.41) is 6.48. The van der Waals surface area contributed by atoms with Crippen LogP contribution in [0.15, 0.2) is 60.9 Å². The van der Waals surface area contributed by atoms with Gasteiger partial charge >= 0.3 is 0 Å². The van der Waals surface area contributed by atoms with Crippen molar-refractivity contribution in [3.63, 3.8) is 0 Å². The molecule has 3 rings (SSSR count). The van der Waals surface area contributed by atoms with Crippen LogP contribution in [0.25, 0.3) is 0 Å². The molecule has 162 valence electrons. The fraction of sp³-hybridized carbons (Fsp3) is 0.261. The summed E-state index contributed by atoms with van der Waals surface area (Å²) in [6.45, 7) is 1.42. The van der Waals surface area contributed by atoms with Crippen LogP contribution in [0.5, 0.6) is 5.75 Å². The fourth-order valence-electron chi connectivity index (χ4n) is 3.44. The van der Waals surface area contributed by atoms with Crippen LogP contribution in [0.3, 0.4) is 0 Å². The van der Waals surface area contributed by atoms with Crippen molar-refractivity contribution in [2.24, 2.45) is 7.05 Å². The van der Waals surface area contributed by atoms with Crippen molar-refractivity contribution >= 4 is 23.4 Å². The highest BCUT2D eigenvalue weighted by atomic mass is 35.5. The minimum absolute atomic E-state index is 0.0529. The quantitative estimate of drug-likeness (QED) is 0.561. The smallest absolute Gasteiger partial charge is 0.223 e. The van der Waals surface area contributed by atoms with Gasteiger partial charge in [-0.05, 0) is 23.8 Å². The van der Waals surface area contributed by atoms with Gasteiger partial charge in [0.15, 0.2) is 0 Å². The molecule has 0 saturated heterocycles. The van der Waals surface area contributed by atoms with E-state index in [9.17, 15) is 9.59 Å². The zero-order valence-corrected chi connectivity index (χ0v) is 18.4. The molecule has 0 saturated carbocycles. The number of benzene rings is 2. The summed E-state index contributed by atoms with van der Waals surface area (Å²) < 4.78 is 7.35. The van der Waals surface area contributed by atoms with Crippen LogP contribution >= 0.6 is 11.6 Å². The second-order valence-electron chi connectivity index (χ2n) is 7.15. The molecule has 8 heteroatoms. The molecule has 1 heterocycles. The first-order valence-electron chi connectivity index (χ1n) is 9.81. The zero-order chi connectivity index (χ0) is 22.4. The number of carbonyl (C=O) groups is 2. The van der Waals surface area contributed by atoms with Crippen LogP contribution in [-0.4, -0.2) is 28.5 Å². The average Bonchev–Trinajstić information content (AvgIpc) is 3.17. The van der Waals surface area contributed by atoms with E-state index in [0.29, 0.717) is 16.6 Å². The van der Waals surface area contributed by atoms with Gasteiger partial charge in [-0.2, -0.15) is 0 Å². The first-order chi connectivity index (χ1) is 14.9. The van der Waals surface area contributed by atoms with Gasteiger partial charge in [0.1, 0.15) is 17.6 Å². The number of hydrogen-bond donors (Lipinski definition) is 2. The van der Waals surface area contributed by atoms with Crippen molar-refractivity contribution < 1.29 is 14.3 Å². The Morgan fingerprint density at radius 2 is 1.84 bits per heavy atom. The Labute approximate surface area is 186 Å². The number of aryl methyl sites for hydroxylation is 1. The van der Waals surface area contributed by atoms with Crippen molar-refractivity contribution in [3.05, 3.63) is 82.9 Å². The van der Waals surface area contributed by atoms with Crippen LogP contribution in [0, 0.1) is 0 Å². The molecule has 2 aromatic carbocycles. The van der Waals surface area contributed by atoms with E-state index in [4.69, 9.17) is 16.3 Å². The second-order valence-corrected chi connectivity index (χ2v) is 7.58. The highest BCUT2D eigenvalue weighted by molar-refractivity contribution is 6.30. The molecule has 2 N–H and O–H groups in total. The topological polar surface area (TPSA) is 85.2 Å². The van der Waals surface area contributed by atoms with Crippen molar-refractivity contribution in [1.29, 1.82) is 0 Å². The number of nitrogens with zero attached hydrogens (tertiary/aromatic N) is 2. The molecule has 0 spiro atoms. The minimum Gasteiger partial charge on any atom is -0.496 e. The predicted octanol–water partition coefficient (Wildman–Crippen LogP) is 3.56. The largest absolute Gasteiger partial charge is 0.496 e. The number of halogens is 1. The summed E-state index contributed by atoms with van der Waals surface area (Å²) >= 11 is 5.98. The molecule has 7 nitrogen and oxygen atoms in total. The third-order valence-corrected chi connectivity index (χ3v) is 5.16. The van der Waals surface area contributed by atoms with E-state index in [0.717, 1.165) is 11.1 Å². The Morgan fingerprint density at radius 1 is 1.13 bits per heavy atom. The van der Waals surface area contributed by atoms with Gasteiger partial charge in [0, 0.05) is 37.0 Å². The van der Waals surface area contributed by atoms with Crippen molar-refractivity contribution in [3.8, 4) is 5.75 Å². The lowest BCUT2D eigenvalue weighted by molar-refractivity contribution is -0.123. The van der Waals surface area contributed by atoms with E-state index in [2.05, 4.69) is 15.6 Å². The molecule has 0 fully saturated rings. The lowest BCUT2D eigenvalue weighted by Crippen LogP contribution is -2.35. The van der Waals surface area contributed by atoms with E-state index < -0.39 is 12.1 Å². The third-order valence-electron chi connectivity index (χ3n) is 4.91. The lowest BCUT2D eigenvalue weighted by atomic mass is 10.0. The molecule has 2 amide bonds. The summed E-state index contributed by atoms with van der Waals surface area (Å²) in [4.78, 5) is 29.3. The minimum atomic E-state index is -0.521. The molecule has 2 unspecified atom stereocenters. The number of rotatable bonds is 8. The number of aromatic nitrogens is 2. The normalized spacial score (nSPS) is 12.6. The van der Waals surface area contributed by atoms with Gasteiger partial charge in [0.25, 0.3) is 0 Å². The van der Waals surface area contributed by atoms with E-state index >= 15 is 0 Å². The summed E-state index contributed by atoms with van der Waals surface area (Å²) in [7, 11) is 3.45. The number of imidazole rings is 1. The summed E-state index contributed by atoms with van der Waals surface area (Å²) in [5.41, 5.74) is 1.58. The molecular weight excluding hydrogens is 416 g/mol. The van der Waals surface area contributed by atoms with Gasteiger partial charge in [-0.25, -0.2) is 4.98 Å². The Balaban J connectivity index is 1.88. The Hall–Kier alpha value is -3.32. The van der Waals surface area contributed by atoms with Crippen LogP contribution < -0.4 is 15.4 Å². The average molecular weight is 441 g/mol. The molecule has 0 aliphatic carbocycles. The molecule has 2 atom stereocenters. The highest BCUT2D eigenvalue weighted by Crippen LogP contribution is 2.29. The van der Waals surface area contributed by atoms with Crippen LogP contribution in [0.2, 0.25) is 5.02 Å². The van der Waals surface area contributed by atoms with Gasteiger partial charge in [-0.3, -0.25) is 9.59 Å². The SMILES string of the molecule is COc1ccccc1C(NC(=O)CC(NC(C)=O)c1ccc(Cl)cc1)c1nccn1C. The molecule has 1 aromatic heterocycles. The summed E-state index contributed by atoms with van der Waals surface area (Å²) in [6.07, 6.45) is 3.55. The maximum absolute atomic E-state index is 13.1. The van der Waals surface area contributed by atoms with Crippen molar-refractivity contribution in [2.45, 2.75) is 25.4 Å². The number of nitrogens with one attached hydrogen (secondary N) is 2. The molecular formula is C23H25ClN4O3. The van der Waals surface area contributed by atoms with Crippen molar-refractivity contribution in [2.75, 3.05) is 7.11 Å². The molecule has 0 aliphatic rings. The molecule has 0 aliphatic heterocycles. The summed E-state index contributed by atoms with van der Waals surface area (Å²) in [6, 6.07) is 13.5. The number of carbonyl (C=O) groups excluding carboxylic acids is 2. The zero-order valence-electron chi connectivity index (χ0n) is 17.6. The van der Waals surface area contributed by atoms with Gasteiger partial charge in [-0.1, -0.05) is 41.9 Å². The van der Waals surface area contributed by atoms with Crippen LogP contribution in [0.1, 0.15) is 42.4 Å². The highest BCUT2D eigenvalue weighted by Gasteiger charge is 2.25. The number of ether oxygens (including phenoxy) is 1.